The lowest BCUT2D eigenvalue weighted by Gasteiger charge is -2.36. The van der Waals surface area contributed by atoms with Crippen LogP contribution in [0.3, 0.4) is 0 Å². The highest BCUT2D eigenvalue weighted by Gasteiger charge is 2.30. The monoisotopic (exact) mass is 334 g/mol. The molecule has 0 saturated carbocycles. The molecule has 1 heterocycles. The largest absolute Gasteiger partial charge is 0.359 e. The highest BCUT2D eigenvalue weighted by atomic mass is 32.1. The first-order valence-electron chi connectivity index (χ1n) is 6.92. The number of amides is 2. The minimum absolute atomic E-state index is 0.318. The van der Waals surface area contributed by atoms with E-state index in [0.717, 1.165) is 6.54 Å². The van der Waals surface area contributed by atoms with Gasteiger partial charge in [-0.2, -0.15) is 0 Å². The predicted molar refractivity (Wildman–Crippen MR) is 92.6 cm³/mol. The summed E-state index contributed by atoms with van der Waals surface area (Å²) < 4.78 is 0. The van der Waals surface area contributed by atoms with E-state index in [1.807, 2.05) is 24.2 Å². The Morgan fingerprint density at radius 1 is 1.27 bits per heavy atom. The van der Waals surface area contributed by atoms with Gasteiger partial charge in [-0.3, -0.25) is 9.69 Å². The van der Waals surface area contributed by atoms with Crippen molar-refractivity contribution in [2.75, 3.05) is 19.6 Å². The fraction of sp³-hybridized carbons (Fsp3) is 0.333. The molecule has 1 aromatic carbocycles. The van der Waals surface area contributed by atoms with Crippen molar-refractivity contribution in [2.45, 2.75) is 13.0 Å². The van der Waals surface area contributed by atoms with E-state index in [2.05, 4.69) is 5.32 Å². The van der Waals surface area contributed by atoms with Gasteiger partial charge in [-0.15, -0.1) is 0 Å². The number of carbonyl (C=O) groups excluding carboxylic acids is 2. The van der Waals surface area contributed by atoms with Crippen LogP contribution in [-0.2, 0) is 4.79 Å². The Hall–Kier alpha value is -1.86. The van der Waals surface area contributed by atoms with Crippen LogP contribution in [0.25, 0.3) is 0 Å². The quantitative estimate of drug-likeness (QED) is 0.852. The predicted octanol–water partition coefficient (Wildman–Crippen LogP) is 1.84. The number of piperazine rings is 1. The van der Waals surface area contributed by atoms with E-state index in [-0.39, 0.29) is 0 Å². The summed E-state index contributed by atoms with van der Waals surface area (Å²) in [6.07, 6.45) is 1.84. The van der Waals surface area contributed by atoms with Gasteiger partial charge in [0.2, 0.25) is 6.29 Å². The Kier molecular flexibility index (Phi) is 5.57. The number of benzene rings is 1. The van der Waals surface area contributed by atoms with Crippen molar-refractivity contribution < 1.29 is 9.59 Å². The van der Waals surface area contributed by atoms with E-state index >= 15 is 0 Å². The summed E-state index contributed by atoms with van der Waals surface area (Å²) in [5, 5.41) is 2.63. The highest BCUT2D eigenvalue weighted by Crippen LogP contribution is 2.13. The van der Waals surface area contributed by atoms with Crippen LogP contribution in [0, 0.1) is 0 Å². The molecule has 1 fully saturated rings. The number of nitrogens with zero attached hydrogens (tertiary/aromatic N) is 2. The second-order valence-corrected chi connectivity index (χ2v) is 5.53. The molecule has 0 bridgehead atoms. The van der Waals surface area contributed by atoms with Gasteiger partial charge in [-0.25, -0.2) is 4.79 Å². The van der Waals surface area contributed by atoms with Crippen LogP contribution in [0.2, 0.25) is 0 Å². The van der Waals surface area contributed by atoms with E-state index in [4.69, 9.17) is 24.4 Å². The lowest BCUT2D eigenvalue weighted by atomic mass is 10.1. The number of thiocarbonyl (C=S) groups is 2. The van der Waals surface area contributed by atoms with Crippen molar-refractivity contribution in [3.63, 3.8) is 0 Å². The van der Waals surface area contributed by atoms with Crippen LogP contribution in [0.5, 0.6) is 0 Å². The zero-order valence-electron chi connectivity index (χ0n) is 12.1. The maximum Gasteiger partial charge on any atom is 0.323 e. The fourth-order valence-corrected chi connectivity index (χ4v) is 2.83. The van der Waals surface area contributed by atoms with Crippen molar-refractivity contribution in [1.29, 1.82) is 0 Å². The van der Waals surface area contributed by atoms with Crippen LogP contribution in [0.1, 0.15) is 18.5 Å². The van der Waals surface area contributed by atoms with E-state index in [1.165, 1.54) is 4.90 Å². The molecule has 0 aliphatic carbocycles. The summed E-state index contributed by atoms with van der Waals surface area (Å²) >= 11 is 10.5. The standard InChI is InChI=1S/C15H16N3O2S2/c1-2-17-8-9-18(14(22)13(17)21)15(20)16-12(10-19)11-6-4-3-5-7-11/h3-7,12H,2,8-9H2,1H3,(H,16,20). The third-order valence-corrected chi connectivity index (χ3v) is 4.45. The molecule has 1 aliphatic heterocycles. The Morgan fingerprint density at radius 2 is 1.95 bits per heavy atom. The van der Waals surface area contributed by atoms with Crippen molar-refractivity contribution in [3.8, 4) is 0 Å². The van der Waals surface area contributed by atoms with Crippen LogP contribution >= 0.6 is 24.4 Å². The van der Waals surface area contributed by atoms with Crippen LogP contribution in [0.4, 0.5) is 4.79 Å². The molecular weight excluding hydrogens is 318 g/mol. The summed E-state index contributed by atoms with van der Waals surface area (Å²) in [5.74, 6) is 0. The molecule has 1 N–H and O–H groups in total. The molecule has 22 heavy (non-hydrogen) atoms. The smallest absolute Gasteiger partial charge is 0.323 e. The van der Waals surface area contributed by atoms with Crippen molar-refractivity contribution >= 4 is 46.7 Å². The molecule has 1 aliphatic rings. The Morgan fingerprint density at radius 3 is 2.55 bits per heavy atom. The van der Waals surface area contributed by atoms with Gasteiger partial charge in [0, 0.05) is 19.6 Å². The van der Waals surface area contributed by atoms with Gasteiger partial charge in [0.15, 0.2) is 0 Å². The molecule has 1 aromatic rings. The number of hydrogen-bond donors (Lipinski definition) is 1. The molecule has 7 heteroatoms. The average molecular weight is 334 g/mol. The molecular formula is C15H16N3O2S2. The number of rotatable bonds is 4. The first-order valence-corrected chi connectivity index (χ1v) is 7.74. The fourth-order valence-electron chi connectivity index (χ4n) is 2.20. The molecule has 2 rings (SSSR count). The average Bonchev–Trinajstić information content (AvgIpc) is 2.55. The number of carbonyl (C=O) groups is 1. The molecule has 0 spiro atoms. The van der Waals surface area contributed by atoms with Crippen LogP contribution in [0.15, 0.2) is 30.3 Å². The third kappa shape index (κ3) is 3.48. The number of nitrogens with one attached hydrogen (secondary N) is 1. The number of urea groups is 1. The number of likely N-dealkylation sites (N-methyl/N-ethyl adjacent to an activating group) is 1. The first kappa shape index (κ1) is 16.5. The minimum atomic E-state index is -0.825. The summed E-state index contributed by atoms with van der Waals surface area (Å²) in [6.45, 7) is 3.81. The lowest BCUT2D eigenvalue weighted by Crippen LogP contribution is -2.57. The zero-order valence-corrected chi connectivity index (χ0v) is 13.7. The molecule has 2 amide bonds. The second-order valence-electron chi connectivity index (χ2n) is 4.75. The molecule has 115 valence electrons. The van der Waals surface area contributed by atoms with E-state index in [0.29, 0.717) is 28.6 Å². The lowest BCUT2D eigenvalue weighted by molar-refractivity contribution is 0.214. The molecule has 1 saturated heterocycles. The van der Waals surface area contributed by atoms with E-state index in [9.17, 15) is 9.59 Å². The van der Waals surface area contributed by atoms with Gasteiger partial charge in [-0.05, 0) is 12.5 Å². The molecule has 1 atom stereocenters. The zero-order chi connectivity index (χ0) is 16.1. The first-order chi connectivity index (χ1) is 10.6. The summed E-state index contributed by atoms with van der Waals surface area (Å²) in [4.78, 5) is 27.7. The molecule has 1 radical (unpaired) electrons. The third-order valence-electron chi connectivity index (χ3n) is 3.45. The van der Waals surface area contributed by atoms with Gasteiger partial charge in [0.05, 0.1) is 0 Å². The van der Waals surface area contributed by atoms with Gasteiger partial charge in [0.1, 0.15) is 16.0 Å². The molecule has 1 unspecified atom stereocenters. The van der Waals surface area contributed by atoms with Gasteiger partial charge >= 0.3 is 6.03 Å². The minimum Gasteiger partial charge on any atom is -0.359 e. The van der Waals surface area contributed by atoms with Gasteiger partial charge < -0.3 is 10.2 Å². The summed E-state index contributed by atoms with van der Waals surface area (Å²) in [7, 11) is 0. The van der Waals surface area contributed by atoms with Gasteiger partial charge in [-0.1, -0.05) is 54.8 Å². The van der Waals surface area contributed by atoms with Crippen LogP contribution in [-0.4, -0.2) is 51.7 Å². The van der Waals surface area contributed by atoms with Crippen molar-refractivity contribution in [2.24, 2.45) is 0 Å². The topological polar surface area (TPSA) is 52.6 Å². The maximum atomic E-state index is 12.4. The number of hydrogen-bond acceptors (Lipinski definition) is 4. The molecule has 5 nitrogen and oxygen atoms in total. The Balaban J connectivity index is 2.07. The Labute approximate surface area is 140 Å². The van der Waals surface area contributed by atoms with Crippen molar-refractivity contribution in [1.82, 2.24) is 15.1 Å². The van der Waals surface area contributed by atoms with Crippen LogP contribution < -0.4 is 5.32 Å². The Bertz CT molecular complexity index is 592. The normalized spacial score (nSPS) is 16.4. The maximum absolute atomic E-state index is 12.4. The summed E-state index contributed by atoms with van der Waals surface area (Å²) in [6, 6.07) is 7.69. The van der Waals surface area contributed by atoms with E-state index in [1.54, 1.807) is 24.3 Å². The van der Waals surface area contributed by atoms with Crippen molar-refractivity contribution in [3.05, 3.63) is 35.9 Å². The van der Waals surface area contributed by atoms with Gasteiger partial charge in [0.25, 0.3) is 0 Å². The SMILES string of the molecule is CCN1CCN(C(=O)NC([C]=O)c2ccccc2)C(=S)C1=S. The second kappa shape index (κ2) is 7.42. The molecule has 0 aromatic heterocycles. The summed E-state index contributed by atoms with van der Waals surface area (Å²) in [5.41, 5.74) is 0.673. The highest BCUT2D eigenvalue weighted by molar-refractivity contribution is 7.89. The van der Waals surface area contributed by atoms with E-state index < -0.39 is 12.1 Å².